The smallest absolute Gasteiger partial charge is 0.124 e. The third-order valence-corrected chi connectivity index (χ3v) is 3.68. The molecule has 2 aromatic heterocycles. The lowest BCUT2D eigenvalue weighted by Gasteiger charge is -2.25. The predicted octanol–water partition coefficient (Wildman–Crippen LogP) is 3.08. The van der Waals surface area contributed by atoms with E-state index < -0.39 is 0 Å². The van der Waals surface area contributed by atoms with Gasteiger partial charge in [0.05, 0.1) is 12.1 Å². The second kappa shape index (κ2) is 6.71. The van der Waals surface area contributed by atoms with Crippen molar-refractivity contribution in [1.29, 1.82) is 0 Å². The van der Waals surface area contributed by atoms with Gasteiger partial charge in [0, 0.05) is 42.3 Å². The van der Waals surface area contributed by atoms with Crippen molar-refractivity contribution in [2.75, 3.05) is 18.1 Å². The molecule has 2 heterocycles. The molecule has 0 atom stereocenters. The van der Waals surface area contributed by atoms with E-state index in [0.717, 1.165) is 27.8 Å². The molecule has 0 radical (unpaired) electrons. The van der Waals surface area contributed by atoms with E-state index in [1.165, 1.54) is 12.1 Å². The Labute approximate surface area is 134 Å². The van der Waals surface area contributed by atoms with Crippen molar-refractivity contribution >= 4 is 16.6 Å². The van der Waals surface area contributed by atoms with Gasteiger partial charge in [-0.2, -0.15) is 0 Å². The van der Waals surface area contributed by atoms with E-state index in [1.807, 2.05) is 30.0 Å². The number of halogens is 1. The summed E-state index contributed by atoms with van der Waals surface area (Å²) in [5, 5.41) is 10.2. The predicted molar refractivity (Wildman–Crippen MR) is 88.8 cm³/mol. The van der Waals surface area contributed by atoms with E-state index in [1.54, 1.807) is 18.5 Å². The molecular weight excluding hydrogens is 293 g/mol. The number of hydrogen-bond donors (Lipinski definition) is 1. The summed E-state index contributed by atoms with van der Waals surface area (Å²) in [4.78, 5) is 10.6. The Morgan fingerprint density at radius 2 is 2.09 bits per heavy atom. The quantitative estimate of drug-likeness (QED) is 0.787. The molecule has 4 nitrogen and oxygen atoms in total. The van der Waals surface area contributed by atoms with Crippen molar-refractivity contribution in [3.05, 3.63) is 65.9 Å². The molecule has 0 aliphatic heterocycles. The average Bonchev–Trinajstić information content (AvgIpc) is 2.55. The maximum Gasteiger partial charge on any atom is 0.124 e. The monoisotopic (exact) mass is 311 g/mol. The van der Waals surface area contributed by atoms with Gasteiger partial charge in [-0.05, 0) is 42.8 Å². The fourth-order valence-corrected chi connectivity index (χ4v) is 2.69. The third-order valence-electron chi connectivity index (χ3n) is 3.68. The van der Waals surface area contributed by atoms with E-state index in [-0.39, 0.29) is 12.4 Å². The molecule has 3 rings (SSSR count). The summed E-state index contributed by atoms with van der Waals surface area (Å²) >= 11 is 0. The van der Waals surface area contributed by atoms with Crippen molar-refractivity contribution in [1.82, 2.24) is 9.97 Å². The first-order valence-electron chi connectivity index (χ1n) is 7.49. The molecule has 0 fully saturated rings. The van der Waals surface area contributed by atoms with E-state index in [4.69, 9.17) is 0 Å². The largest absolute Gasteiger partial charge is 0.395 e. The molecule has 0 aliphatic carbocycles. The first-order chi connectivity index (χ1) is 11.2. The standard InChI is InChI=1S/C18H18FN3O/c1-13-9-18(16-10-15(19)4-5-17(16)21-13)22(7-8-23)12-14-3-2-6-20-11-14/h2-6,9-11,23H,7-8,12H2,1H3. The van der Waals surface area contributed by atoms with Crippen LogP contribution in [0.1, 0.15) is 11.3 Å². The van der Waals surface area contributed by atoms with Gasteiger partial charge in [0.25, 0.3) is 0 Å². The van der Waals surface area contributed by atoms with Crippen molar-refractivity contribution in [2.24, 2.45) is 0 Å². The topological polar surface area (TPSA) is 49.2 Å². The van der Waals surface area contributed by atoms with Crippen molar-refractivity contribution in [3.8, 4) is 0 Å². The zero-order chi connectivity index (χ0) is 16.2. The van der Waals surface area contributed by atoms with Gasteiger partial charge in [0.15, 0.2) is 0 Å². The first kappa shape index (κ1) is 15.4. The number of rotatable bonds is 5. The highest BCUT2D eigenvalue weighted by Gasteiger charge is 2.13. The average molecular weight is 311 g/mol. The minimum absolute atomic E-state index is 0.0123. The Hall–Kier alpha value is -2.53. The lowest BCUT2D eigenvalue weighted by atomic mass is 10.1. The van der Waals surface area contributed by atoms with Crippen LogP contribution in [0.5, 0.6) is 0 Å². The van der Waals surface area contributed by atoms with Crippen molar-refractivity contribution < 1.29 is 9.50 Å². The van der Waals surface area contributed by atoms with Crippen LogP contribution < -0.4 is 4.90 Å². The molecular formula is C18H18FN3O. The summed E-state index contributed by atoms with van der Waals surface area (Å²) in [6.45, 7) is 2.96. The van der Waals surface area contributed by atoms with Gasteiger partial charge in [-0.15, -0.1) is 0 Å². The molecule has 0 aliphatic rings. The number of fused-ring (bicyclic) bond motifs is 1. The number of pyridine rings is 2. The number of nitrogens with zero attached hydrogens (tertiary/aromatic N) is 3. The normalized spacial score (nSPS) is 10.9. The molecule has 1 N–H and O–H groups in total. The Morgan fingerprint density at radius 3 is 2.83 bits per heavy atom. The molecule has 0 spiro atoms. The molecule has 0 saturated carbocycles. The summed E-state index contributed by atoms with van der Waals surface area (Å²) in [6.07, 6.45) is 3.52. The lowest BCUT2D eigenvalue weighted by molar-refractivity contribution is 0.301. The molecule has 23 heavy (non-hydrogen) atoms. The molecule has 118 valence electrons. The van der Waals surface area contributed by atoms with Crippen LogP contribution in [0.2, 0.25) is 0 Å². The summed E-state index contributed by atoms with van der Waals surface area (Å²) in [5.41, 5.74) is 3.49. The van der Waals surface area contributed by atoms with Gasteiger partial charge in [-0.3, -0.25) is 9.97 Å². The van der Waals surface area contributed by atoms with Crippen molar-refractivity contribution in [3.63, 3.8) is 0 Å². The summed E-state index contributed by atoms with van der Waals surface area (Å²) in [7, 11) is 0. The Balaban J connectivity index is 2.08. The first-order valence-corrected chi connectivity index (χ1v) is 7.49. The lowest BCUT2D eigenvalue weighted by Crippen LogP contribution is -2.26. The summed E-state index contributed by atoms with van der Waals surface area (Å²) in [5.74, 6) is -0.297. The maximum absolute atomic E-state index is 13.7. The number of benzene rings is 1. The number of aliphatic hydroxyl groups is 1. The van der Waals surface area contributed by atoms with Crippen LogP contribution in [0.4, 0.5) is 10.1 Å². The van der Waals surface area contributed by atoms with Crippen molar-refractivity contribution in [2.45, 2.75) is 13.5 Å². The van der Waals surface area contributed by atoms with Crippen LogP contribution in [0.15, 0.2) is 48.8 Å². The van der Waals surface area contributed by atoms with Gasteiger partial charge >= 0.3 is 0 Å². The van der Waals surface area contributed by atoms with Gasteiger partial charge in [-0.1, -0.05) is 6.07 Å². The van der Waals surface area contributed by atoms with E-state index >= 15 is 0 Å². The zero-order valence-corrected chi connectivity index (χ0v) is 12.9. The number of anilines is 1. The molecule has 0 amide bonds. The van der Waals surface area contributed by atoms with E-state index in [9.17, 15) is 9.50 Å². The Kier molecular flexibility index (Phi) is 4.48. The molecule has 5 heteroatoms. The van der Waals surface area contributed by atoms with Gasteiger partial charge in [-0.25, -0.2) is 4.39 Å². The molecule has 1 aromatic carbocycles. The molecule has 3 aromatic rings. The second-order valence-corrected chi connectivity index (χ2v) is 5.45. The molecule has 0 saturated heterocycles. The molecule has 0 bridgehead atoms. The fourth-order valence-electron chi connectivity index (χ4n) is 2.69. The number of hydrogen-bond acceptors (Lipinski definition) is 4. The maximum atomic E-state index is 13.7. The second-order valence-electron chi connectivity index (χ2n) is 5.45. The third kappa shape index (κ3) is 3.46. The van der Waals surface area contributed by atoms with Crippen LogP contribution in [0.3, 0.4) is 0 Å². The summed E-state index contributed by atoms with van der Waals surface area (Å²) < 4.78 is 13.7. The highest BCUT2D eigenvalue weighted by molar-refractivity contribution is 5.92. The van der Waals surface area contributed by atoms with Gasteiger partial charge in [0.2, 0.25) is 0 Å². The number of aromatic nitrogens is 2. The number of aryl methyl sites for hydroxylation is 1. The SMILES string of the molecule is Cc1cc(N(CCO)Cc2cccnc2)c2cc(F)ccc2n1. The molecule has 0 unspecified atom stereocenters. The van der Waals surface area contributed by atoms with E-state index in [2.05, 4.69) is 9.97 Å². The Morgan fingerprint density at radius 1 is 1.22 bits per heavy atom. The minimum Gasteiger partial charge on any atom is -0.395 e. The highest BCUT2D eigenvalue weighted by Crippen LogP contribution is 2.28. The van der Waals surface area contributed by atoms with Crippen LogP contribution in [-0.4, -0.2) is 28.2 Å². The van der Waals surface area contributed by atoms with Crippen LogP contribution in [-0.2, 0) is 6.54 Å². The highest BCUT2D eigenvalue weighted by atomic mass is 19.1. The minimum atomic E-state index is -0.297. The Bertz CT molecular complexity index is 808. The van der Waals surface area contributed by atoms with Crippen LogP contribution in [0.25, 0.3) is 10.9 Å². The summed E-state index contributed by atoms with van der Waals surface area (Å²) in [6, 6.07) is 10.4. The van der Waals surface area contributed by atoms with Crippen LogP contribution >= 0.6 is 0 Å². The van der Waals surface area contributed by atoms with Gasteiger partial charge < -0.3 is 10.0 Å². The van der Waals surface area contributed by atoms with Crippen LogP contribution in [0, 0.1) is 12.7 Å². The zero-order valence-electron chi connectivity index (χ0n) is 12.9. The fraction of sp³-hybridized carbons (Fsp3) is 0.222. The number of aliphatic hydroxyl groups excluding tert-OH is 1. The van der Waals surface area contributed by atoms with E-state index in [0.29, 0.717) is 13.1 Å². The van der Waals surface area contributed by atoms with Gasteiger partial charge in [0.1, 0.15) is 5.82 Å².